The standard InChI is InChI=1S/C24H36N2O2/c1-6-22(2,3)26-21(28)18-9-8-16-15-7-10-19-24(5,14-12-20(27)25-19)17(15)11-13-23(16,18)4/h1,15-19H,7-14H2,2-5H3,(H,25,27)(H,26,28)/t15-,16-,17-,18+,19+,23-,24+/m0/s1. The summed E-state index contributed by atoms with van der Waals surface area (Å²) >= 11 is 0. The Hall–Kier alpha value is -1.50. The second kappa shape index (κ2) is 6.51. The lowest BCUT2D eigenvalue weighted by molar-refractivity contribution is -0.142. The molecule has 3 saturated carbocycles. The van der Waals surface area contributed by atoms with Crippen molar-refractivity contribution in [3.8, 4) is 12.3 Å². The third-order valence-corrected chi connectivity index (χ3v) is 9.21. The molecule has 4 fully saturated rings. The van der Waals surface area contributed by atoms with Gasteiger partial charge in [-0.25, -0.2) is 0 Å². The summed E-state index contributed by atoms with van der Waals surface area (Å²) in [7, 11) is 0. The molecule has 0 aromatic carbocycles. The van der Waals surface area contributed by atoms with Gasteiger partial charge in [0.1, 0.15) is 0 Å². The molecule has 0 aromatic heterocycles. The van der Waals surface area contributed by atoms with Crippen LogP contribution < -0.4 is 10.6 Å². The number of fused-ring (bicyclic) bond motifs is 5. The first-order valence-corrected chi connectivity index (χ1v) is 11.2. The second-order valence-electron chi connectivity index (χ2n) is 11.0. The summed E-state index contributed by atoms with van der Waals surface area (Å²) in [6, 6.07) is 0.344. The monoisotopic (exact) mass is 384 g/mol. The lowest BCUT2D eigenvalue weighted by Crippen LogP contribution is -2.61. The van der Waals surface area contributed by atoms with Gasteiger partial charge in [0.05, 0.1) is 5.54 Å². The molecule has 7 atom stereocenters. The fourth-order valence-corrected chi connectivity index (χ4v) is 7.56. The third-order valence-electron chi connectivity index (χ3n) is 9.21. The summed E-state index contributed by atoms with van der Waals surface area (Å²) < 4.78 is 0. The van der Waals surface area contributed by atoms with Crippen LogP contribution in [0.4, 0.5) is 0 Å². The van der Waals surface area contributed by atoms with Gasteiger partial charge in [-0.2, -0.15) is 0 Å². The molecular weight excluding hydrogens is 348 g/mol. The zero-order chi connectivity index (χ0) is 20.3. The Morgan fingerprint density at radius 2 is 1.82 bits per heavy atom. The molecule has 3 aliphatic carbocycles. The number of nitrogens with one attached hydrogen (secondary N) is 2. The van der Waals surface area contributed by atoms with Crippen molar-refractivity contribution >= 4 is 11.8 Å². The maximum Gasteiger partial charge on any atom is 0.224 e. The molecule has 0 bridgehead atoms. The highest BCUT2D eigenvalue weighted by molar-refractivity contribution is 5.81. The molecule has 4 heteroatoms. The van der Waals surface area contributed by atoms with E-state index in [2.05, 4.69) is 30.4 Å². The average Bonchev–Trinajstić information content (AvgIpc) is 2.99. The normalized spacial score (nSPS) is 45.1. The molecule has 0 unspecified atom stereocenters. The first-order valence-electron chi connectivity index (χ1n) is 11.2. The molecular formula is C24H36N2O2. The van der Waals surface area contributed by atoms with Crippen LogP contribution in [-0.4, -0.2) is 23.4 Å². The van der Waals surface area contributed by atoms with Crippen molar-refractivity contribution in [3.63, 3.8) is 0 Å². The zero-order valence-electron chi connectivity index (χ0n) is 17.9. The summed E-state index contributed by atoms with van der Waals surface area (Å²) in [6.07, 6.45) is 14.0. The number of amides is 2. The van der Waals surface area contributed by atoms with Gasteiger partial charge in [0.25, 0.3) is 0 Å². The number of piperidine rings is 1. The summed E-state index contributed by atoms with van der Waals surface area (Å²) in [5.74, 6) is 5.13. The summed E-state index contributed by atoms with van der Waals surface area (Å²) in [4.78, 5) is 25.1. The van der Waals surface area contributed by atoms with Gasteiger partial charge in [-0.1, -0.05) is 19.8 Å². The van der Waals surface area contributed by atoms with Crippen molar-refractivity contribution in [2.24, 2.45) is 34.5 Å². The van der Waals surface area contributed by atoms with Gasteiger partial charge in [0.2, 0.25) is 11.8 Å². The Balaban J connectivity index is 1.55. The van der Waals surface area contributed by atoms with Gasteiger partial charge in [-0.3, -0.25) is 9.59 Å². The third kappa shape index (κ3) is 2.88. The fourth-order valence-electron chi connectivity index (χ4n) is 7.56. The van der Waals surface area contributed by atoms with Crippen LogP contribution in [-0.2, 0) is 9.59 Å². The minimum absolute atomic E-state index is 0.0719. The van der Waals surface area contributed by atoms with Crippen LogP contribution in [0.25, 0.3) is 0 Å². The van der Waals surface area contributed by atoms with Crippen molar-refractivity contribution < 1.29 is 9.59 Å². The van der Waals surface area contributed by atoms with Crippen LogP contribution in [0.3, 0.4) is 0 Å². The van der Waals surface area contributed by atoms with Gasteiger partial charge in [0.15, 0.2) is 0 Å². The quantitative estimate of drug-likeness (QED) is 0.714. The van der Waals surface area contributed by atoms with E-state index >= 15 is 0 Å². The van der Waals surface area contributed by atoms with E-state index in [1.165, 1.54) is 12.8 Å². The molecule has 28 heavy (non-hydrogen) atoms. The average molecular weight is 385 g/mol. The molecule has 0 aromatic rings. The Bertz CT molecular complexity index is 723. The molecule has 4 rings (SSSR count). The molecule has 154 valence electrons. The Morgan fingerprint density at radius 3 is 2.54 bits per heavy atom. The Kier molecular flexibility index (Phi) is 4.60. The number of hydrogen-bond donors (Lipinski definition) is 2. The van der Waals surface area contributed by atoms with E-state index < -0.39 is 5.54 Å². The number of rotatable bonds is 2. The zero-order valence-corrected chi connectivity index (χ0v) is 17.9. The van der Waals surface area contributed by atoms with Crippen LogP contribution in [0, 0.1) is 46.8 Å². The van der Waals surface area contributed by atoms with E-state index in [0.717, 1.165) is 32.1 Å². The van der Waals surface area contributed by atoms with E-state index in [1.54, 1.807) is 0 Å². The molecule has 2 amide bonds. The van der Waals surface area contributed by atoms with Crippen LogP contribution in [0.2, 0.25) is 0 Å². The van der Waals surface area contributed by atoms with Crippen LogP contribution in [0.1, 0.15) is 79.1 Å². The first kappa shape index (κ1) is 19.8. The maximum absolute atomic E-state index is 13.1. The van der Waals surface area contributed by atoms with Crippen LogP contribution in [0.15, 0.2) is 0 Å². The highest BCUT2D eigenvalue weighted by Gasteiger charge is 2.61. The van der Waals surface area contributed by atoms with Gasteiger partial charge in [-0.05, 0) is 87.4 Å². The molecule has 1 saturated heterocycles. The van der Waals surface area contributed by atoms with Crippen molar-refractivity contribution in [2.75, 3.05) is 0 Å². The van der Waals surface area contributed by atoms with Crippen molar-refractivity contribution in [1.82, 2.24) is 10.6 Å². The van der Waals surface area contributed by atoms with Gasteiger partial charge in [-0.15, -0.1) is 6.42 Å². The molecule has 4 nitrogen and oxygen atoms in total. The van der Waals surface area contributed by atoms with Gasteiger partial charge in [0, 0.05) is 18.4 Å². The minimum Gasteiger partial charge on any atom is -0.353 e. The van der Waals surface area contributed by atoms with E-state index in [0.29, 0.717) is 30.2 Å². The molecule has 1 aliphatic heterocycles. The largest absolute Gasteiger partial charge is 0.353 e. The van der Waals surface area contributed by atoms with Crippen molar-refractivity contribution in [2.45, 2.75) is 90.6 Å². The van der Waals surface area contributed by atoms with Crippen molar-refractivity contribution in [1.29, 1.82) is 0 Å². The number of hydrogen-bond acceptors (Lipinski definition) is 2. The lowest BCUT2D eigenvalue weighted by atomic mass is 9.47. The van der Waals surface area contributed by atoms with E-state index in [4.69, 9.17) is 6.42 Å². The number of carbonyl (C=O) groups excluding carboxylic acids is 2. The summed E-state index contributed by atoms with van der Waals surface area (Å²) in [6.45, 7) is 8.59. The fraction of sp³-hybridized carbons (Fsp3) is 0.833. The SMILES string of the molecule is C#CC(C)(C)NC(=O)[C@H]1CC[C@H]2[C@@H]3CC[C@H]4NC(=O)CC[C@]4(C)[C@H]3CC[C@]12C. The predicted molar refractivity (Wildman–Crippen MR) is 110 cm³/mol. The maximum atomic E-state index is 13.1. The topological polar surface area (TPSA) is 58.2 Å². The lowest BCUT2D eigenvalue weighted by Gasteiger charge is -2.60. The van der Waals surface area contributed by atoms with E-state index in [9.17, 15) is 9.59 Å². The number of carbonyl (C=O) groups is 2. The van der Waals surface area contributed by atoms with Gasteiger partial charge < -0.3 is 10.6 Å². The highest BCUT2D eigenvalue weighted by Crippen LogP contribution is 2.65. The predicted octanol–water partition coefficient (Wildman–Crippen LogP) is 3.65. The van der Waals surface area contributed by atoms with Gasteiger partial charge >= 0.3 is 0 Å². The molecule has 0 spiro atoms. The Morgan fingerprint density at radius 1 is 1.11 bits per heavy atom. The molecule has 1 heterocycles. The highest BCUT2D eigenvalue weighted by atomic mass is 16.2. The summed E-state index contributed by atoms with van der Waals surface area (Å²) in [5, 5.41) is 6.41. The van der Waals surface area contributed by atoms with E-state index in [1.807, 2.05) is 13.8 Å². The first-order chi connectivity index (χ1) is 13.1. The number of terminal acetylenes is 1. The Labute approximate surface area is 170 Å². The van der Waals surface area contributed by atoms with Crippen LogP contribution in [0.5, 0.6) is 0 Å². The molecule has 0 radical (unpaired) electrons. The minimum atomic E-state index is -0.589. The molecule has 4 aliphatic rings. The van der Waals surface area contributed by atoms with E-state index in [-0.39, 0.29) is 28.6 Å². The summed E-state index contributed by atoms with van der Waals surface area (Å²) in [5.41, 5.74) is -0.282. The second-order valence-corrected chi connectivity index (χ2v) is 11.0. The van der Waals surface area contributed by atoms with Crippen molar-refractivity contribution in [3.05, 3.63) is 0 Å². The smallest absolute Gasteiger partial charge is 0.224 e. The molecule has 2 N–H and O–H groups in total. The van der Waals surface area contributed by atoms with Crippen LogP contribution >= 0.6 is 0 Å².